The van der Waals surface area contributed by atoms with E-state index in [1.807, 2.05) is 24.3 Å². The summed E-state index contributed by atoms with van der Waals surface area (Å²) in [7, 11) is 0. The Labute approximate surface area is 167 Å². The fourth-order valence-electron chi connectivity index (χ4n) is 2.38. The van der Waals surface area contributed by atoms with E-state index in [1.165, 1.54) is 6.07 Å². The fraction of sp³-hybridized carbons (Fsp3) is 0.111. The van der Waals surface area contributed by atoms with Crippen LogP contribution in [0.15, 0.2) is 57.9 Å². The SMILES string of the molecule is O=c1cc(OCc2ccccc2CO)c(Br)nn1-c1c(Cl)cccc1Cl. The molecule has 0 radical (unpaired) electrons. The Balaban J connectivity index is 1.92. The van der Waals surface area contributed by atoms with Crippen molar-refractivity contribution >= 4 is 39.1 Å². The summed E-state index contributed by atoms with van der Waals surface area (Å²) in [4.78, 5) is 12.5. The van der Waals surface area contributed by atoms with Gasteiger partial charge < -0.3 is 9.84 Å². The molecule has 2 aromatic carbocycles. The zero-order chi connectivity index (χ0) is 18.7. The zero-order valence-electron chi connectivity index (χ0n) is 13.3. The lowest BCUT2D eigenvalue weighted by atomic mass is 10.1. The summed E-state index contributed by atoms with van der Waals surface area (Å²) in [6.07, 6.45) is 0. The highest BCUT2D eigenvalue weighted by atomic mass is 79.9. The van der Waals surface area contributed by atoms with Gasteiger partial charge in [-0.2, -0.15) is 9.78 Å². The van der Waals surface area contributed by atoms with Crippen molar-refractivity contribution in [3.8, 4) is 11.4 Å². The minimum Gasteiger partial charge on any atom is -0.486 e. The van der Waals surface area contributed by atoms with Crippen molar-refractivity contribution in [3.63, 3.8) is 0 Å². The Morgan fingerprint density at radius 2 is 1.73 bits per heavy atom. The molecule has 0 saturated heterocycles. The molecule has 8 heteroatoms. The fourth-order valence-corrected chi connectivity index (χ4v) is 3.33. The minimum atomic E-state index is -0.436. The number of ether oxygens (including phenoxy) is 1. The lowest BCUT2D eigenvalue weighted by molar-refractivity contribution is 0.268. The third-order valence-electron chi connectivity index (χ3n) is 3.68. The molecule has 5 nitrogen and oxygen atoms in total. The summed E-state index contributed by atoms with van der Waals surface area (Å²) in [6.45, 7) is 0.0961. The van der Waals surface area contributed by atoms with Gasteiger partial charge in [0.2, 0.25) is 0 Å². The summed E-state index contributed by atoms with van der Waals surface area (Å²) in [6, 6.07) is 13.6. The van der Waals surface area contributed by atoms with Crippen molar-refractivity contribution in [2.75, 3.05) is 0 Å². The molecule has 3 aromatic rings. The topological polar surface area (TPSA) is 64.3 Å². The average molecular weight is 456 g/mol. The van der Waals surface area contributed by atoms with Crippen LogP contribution in [0.1, 0.15) is 11.1 Å². The van der Waals surface area contributed by atoms with Gasteiger partial charge in [-0.15, -0.1) is 0 Å². The molecule has 26 heavy (non-hydrogen) atoms. The third-order valence-corrected chi connectivity index (χ3v) is 4.84. The van der Waals surface area contributed by atoms with Gasteiger partial charge >= 0.3 is 0 Å². The summed E-state index contributed by atoms with van der Waals surface area (Å²) in [5.41, 5.74) is 1.44. The largest absolute Gasteiger partial charge is 0.486 e. The molecule has 3 rings (SSSR count). The summed E-state index contributed by atoms with van der Waals surface area (Å²) < 4.78 is 7.14. The van der Waals surface area contributed by atoms with Crippen molar-refractivity contribution in [1.82, 2.24) is 9.78 Å². The Morgan fingerprint density at radius 1 is 1.08 bits per heavy atom. The molecule has 0 fully saturated rings. The molecule has 1 heterocycles. The van der Waals surface area contributed by atoms with Crippen molar-refractivity contribution in [2.45, 2.75) is 13.2 Å². The maximum Gasteiger partial charge on any atom is 0.275 e. The molecule has 1 N–H and O–H groups in total. The molecule has 0 amide bonds. The van der Waals surface area contributed by atoms with Crippen molar-refractivity contribution in [2.24, 2.45) is 0 Å². The number of para-hydroxylation sites is 1. The van der Waals surface area contributed by atoms with Gasteiger partial charge in [0, 0.05) is 0 Å². The lowest BCUT2D eigenvalue weighted by Crippen LogP contribution is -2.22. The van der Waals surface area contributed by atoms with E-state index in [0.29, 0.717) is 20.3 Å². The van der Waals surface area contributed by atoms with Gasteiger partial charge in [0.25, 0.3) is 5.56 Å². The second-order valence-corrected chi connectivity index (χ2v) is 6.90. The summed E-state index contributed by atoms with van der Waals surface area (Å²) >= 11 is 15.6. The first-order chi connectivity index (χ1) is 12.5. The van der Waals surface area contributed by atoms with Crippen LogP contribution < -0.4 is 10.3 Å². The number of hydrogen-bond acceptors (Lipinski definition) is 4. The molecular weight excluding hydrogens is 443 g/mol. The van der Waals surface area contributed by atoms with Gasteiger partial charge in [0.1, 0.15) is 12.3 Å². The van der Waals surface area contributed by atoms with Crippen LogP contribution >= 0.6 is 39.1 Å². The van der Waals surface area contributed by atoms with Crippen LogP contribution in [-0.2, 0) is 13.2 Å². The number of benzene rings is 2. The highest BCUT2D eigenvalue weighted by molar-refractivity contribution is 9.10. The predicted molar refractivity (Wildman–Crippen MR) is 104 cm³/mol. The Hall–Kier alpha value is -1.86. The maximum atomic E-state index is 12.5. The first-order valence-corrected chi connectivity index (χ1v) is 9.11. The quantitative estimate of drug-likeness (QED) is 0.620. The van der Waals surface area contributed by atoms with Crippen molar-refractivity contribution in [3.05, 3.63) is 84.7 Å². The number of aromatic nitrogens is 2. The number of nitrogens with zero attached hydrogens (tertiary/aromatic N) is 2. The van der Waals surface area contributed by atoms with E-state index < -0.39 is 5.56 Å². The van der Waals surface area contributed by atoms with Crippen LogP contribution in [-0.4, -0.2) is 14.9 Å². The van der Waals surface area contributed by atoms with Crippen molar-refractivity contribution in [1.29, 1.82) is 0 Å². The van der Waals surface area contributed by atoms with E-state index in [9.17, 15) is 9.90 Å². The van der Waals surface area contributed by atoms with Crippen LogP contribution in [0, 0.1) is 0 Å². The molecule has 0 aliphatic rings. The van der Waals surface area contributed by atoms with Crippen LogP contribution in [0.4, 0.5) is 0 Å². The Bertz CT molecular complexity index is 988. The molecule has 0 aliphatic carbocycles. The number of halogens is 3. The molecule has 1 aromatic heterocycles. The second-order valence-electron chi connectivity index (χ2n) is 5.34. The van der Waals surface area contributed by atoms with Crippen LogP contribution in [0.25, 0.3) is 5.69 Å². The molecule has 0 aliphatic heterocycles. The van der Waals surface area contributed by atoms with Gasteiger partial charge in [0.15, 0.2) is 10.4 Å². The van der Waals surface area contributed by atoms with E-state index in [4.69, 9.17) is 27.9 Å². The average Bonchev–Trinajstić information content (AvgIpc) is 2.63. The molecular formula is C18H13BrCl2N2O3. The van der Waals surface area contributed by atoms with Crippen LogP contribution in [0.3, 0.4) is 0 Å². The monoisotopic (exact) mass is 454 g/mol. The number of rotatable bonds is 5. The van der Waals surface area contributed by atoms with Gasteiger partial charge in [-0.05, 0) is 39.2 Å². The predicted octanol–water partition coefficient (Wildman–Crippen LogP) is 4.37. The number of aliphatic hydroxyl groups excluding tert-OH is 1. The Morgan fingerprint density at radius 3 is 2.38 bits per heavy atom. The minimum absolute atomic E-state index is 0.0917. The molecule has 0 bridgehead atoms. The third kappa shape index (κ3) is 3.94. The van der Waals surface area contributed by atoms with Crippen molar-refractivity contribution < 1.29 is 9.84 Å². The van der Waals surface area contributed by atoms with E-state index >= 15 is 0 Å². The normalized spacial score (nSPS) is 10.8. The summed E-state index contributed by atoms with van der Waals surface area (Å²) in [5.74, 6) is 0.280. The standard InChI is InChI=1S/C18H13BrCl2N2O3/c19-18-15(26-10-12-5-2-1-4-11(12)9-24)8-16(25)23(22-18)17-13(20)6-3-7-14(17)21/h1-8,24H,9-10H2. The smallest absolute Gasteiger partial charge is 0.275 e. The highest BCUT2D eigenvalue weighted by Crippen LogP contribution is 2.28. The van der Waals surface area contributed by atoms with Crippen LogP contribution in [0.5, 0.6) is 5.75 Å². The second kappa shape index (κ2) is 8.22. The molecule has 134 valence electrons. The first kappa shape index (κ1) is 18.9. The zero-order valence-corrected chi connectivity index (χ0v) is 16.4. The van der Waals surface area contributed by atoms with Crippen LogP contribution in [0.2, 0.25) is 10.0 Å². The Kier molecular flexibility index (Phi) is 5.98. The highest BCUT2D eigenvalue weighted by Gasteiger charge is 2.15. The van der Waals surface area contributed by atoms with Gasteiger partial charge in [-0.25, -0.2) is 0 Å². The maximum absolute atomic E-state index is 12.5. The van der Waals surface area contributed by atoms with E-state index in [0.717, 1.165) is 15.8 Å². The van der Waals surface area contributed by atoms with Gasteiger partial charge in [0.05, 0.1) is 22.7 Å². The molecule has 0 spiro atoms. The summed E-state index contributed by atoms with van der Waals surface area (Å²) in [5, 5.41) is 14.2. The van der Waals surface area contributed by atoms with Gasteiger partial charge in [-0.1, -0.05) is 53.5 Å². The molecule has 0 atom stereocenters. The molecule has 0 unspecified atom stereocenters. The number of hydrogen-bond donors (Lipinski definition) is 1. The number of aliphatic hydroxyl groups is 1. The van der Waals surface area contributed by atoms with Gasteiger partial charge in [-0.3, -0.25) is 4.79 Å². The molecule has 0 saturated carbocycles. The van der Waals surface area contributed by atoms with E-state index in [1.54, 1.807) is 18.2 Å². The van der Waals surface area contributed by atoms with E-state index in [2.05, 4.69) is 21.0 Å². The van der Waals surface area contributed by atoms with E-state index in [-0.39, 0.29) is 19.0 Å². The first-order valence-electron chi connectivity index (χ1n) is 7.56. The lowest BCUT2D eigenvalue weighted by Gasteiger charge is -2.13.